The van der Waals surface area contributed by atoms with E-state index in [9.17, 15) is 0 Å². The lowest BCUT2D eigenvalue weighted by molar-refractivity contribution is -0.0350. The fourth-order valence-electron chi connectivity index (χ4n) is 3.99. The minimum absolute atomic E-state index is 0.0562. The summed E-state index contributed by atoms with van der Waals surface area (Å²) in [6.07, 6.45) is 3.70. The van der Waals surface area contributed by atoms with Crippen LogP contribution < -0.4 is 10.5 Å². The average molecular weight is 449 g/mol. The van der Waals surface area contributed by atoms with E-state index in [2.05, 4.69) is 33.1 Å². The molecule has 174 valence electrons. The molecule has 0 amide bonds. The van der Waals surface area contributed by atoms with Crippen molar-refractivity contribution in [2.75, 3.05) is 32.5 Å². The smallest absolute Gasteiger partial charge is 0.125 e. The van der Waals surface area contributed by atoms with Crippen LogP contribution in [-0.2, 0) is 22.6 Å². The van der Waals surface area contributed by atoms with Gasteiger partial charge in [-0.05, 0) is 49.7 Å². The highest BCUT2D eigenvalue weighted by molar-refractivity contribution is 5.62. The highest BCUT2D eigenvalue weighted by atomic mass is 16.5. The van der Waals surface area contributed by atoms with Crippen LogP contribution in [0.5, 0.6) is 5.75 Å². The van der Waals surface area contributed by atoms with E-state index < -0.39 is 0 Å². The molecular weight excluding hydrogens is 416 g/mol. The molecule has 3 aromatic rings. The maximum Gasteiger partial charge on any atom is 0.125 e. The Morgan fingerprint density at radius 2 is 1.88 bits per heavy atom. The molecule has 0 unspecified atom stereocenters. The first-order valence-corrected chi connectivity index (χ1v) is 11.3. The largest absolute Gasteiger partial charge is 0.491 e. The van der Waals surface area contributed by atoms with Crippen LogP contribution in [0.1, 0.15) is 36.8 Å². The number of rotatable bonds is 8. The molecule has 1 aromatic carbocycles. The van der Waals surface area contributed by atoms with Gasteiger partial charge < -0.3 is 19.9 Å². The normalized spacial score (nSPS) is 16.8. The number of anilines is 1. The SMILES string of the molecule is COCc1cc(CN2CCO[C@@H](c3ccc(-c4ccc(N)nc4)cn3)C2)ccc1OC(C)C. The number of hydrogen-bond acceptors (Lipinski definition) is 7. The molecule has 7 heteroatoms. The van der Waals surface area contributed by atoms with Gasteiger partial charge in [0, 0.05) is 55.8 Å². The number of morpholine rings is 1. The van der Waals surface area contributed by atoms with Gasteiger partial charge in [0.2, 0.25) is 0 Å². The fraction of sp³-hybridized carbons (Fsp3) is 0.385. The second-order valence-corrected chi connectivity index (χ2v) is 8.58. The maximum atomic E-state index is 6.05. The van der Waals surface area contributed by atoms with Gasteiger partial charge in [-0.2, -0.15) is 0 Å². The number of hydrogen-bond donors (Lipinski definition) is 1. The van der Waals surface area contributed by atoms with Gasteiger partial charge in [-0.25, -0.2) is 4.98 Å². The number of ether oxygens (including phenoxy) is 3. The van der Waals surface area contributed by atoms with Crippen molar-refractivity contribution >= 4 is 5.82 Å². The van der Waals surface area contributed by atoms with E-state index in [1.807, 2.05) is 38.2 Å². The molecule has 0 spiro atoms. The molecule has 0 saturated carbocycles. The van der Waals surface area contributed by atoms with Gasteiger partial charge in [0.25, 0.3) is 0 Å². The molecule has 0 radical (unpaired) electrons. The minimum atomic E-state index is -0.0562. The zero-order valence-electron chi connectivity index (χ0n) is 19.5. The predicted molar refractivity (Wildman–Crippen MR) is 129 cm³/mol. The van der Waals surface area contributed by atoms with Crippen LogP contribution in [0.15, 0.2) is 54.9 Å². The zero-order valence-corrected chi connectivity index (χ0v) is 19.5. The third-order valence-electron chi connectivity index (χ3n) is 5.58. The lowest BCUT2D eigenvalue weighted by atomic mass is 10.1. The summed E-state index contributed by atoms with van der Waals surface area (Å²) in [7, 11) is 1.71. The van der Waals surface area contributed by atoms with Crippen LogP contribution in [0.2, 0.25) is 0 Å². The number of methoxy groups -OCH3 is 1. The third kappa shape index (κ3) is 6.07. The standard InChI is InChI=1S/C26H32N4O3/c1-18(2)33-24-8-4-19(12-22(24)17-31-3)15-30-10-11-32-25(16-30)23-7-5-20(13-28-23)21-6-9-26(27)29-14-21/h4-9,12-14,18,25H,10-11,15-17H2,1-3H3,(H2,27,29)/t25-/m1/s1. The predicted octanol–water partition coefficient (Wildman–Crippen LogP) is 4.23. The monoisotopic (exact) mass is 448 g/mol. The first kappa shape index (κ1) is 23.2. The molecule has 1 atom stereocenters. The first-order valence-electron chi connectivity index (χ1n) is 11.3. The van der Waals surface area contributed by atoms with Crippen LogP contribution in [0.4, 0.5) is 5.82 Å². The van der Waals surface area contributed by atoms with E-state index in [0.29, 0.717) is 19.0 Å². The topological polar surface area (TPSA) is 82.7 Å². The molecule has 7 nitrogen and oxygen atoms in total. The Balaban J connectivity index is 1.42. The summed E-state index contributed by atoms with van der Waals surface area (Å²) in [5.41, 5.74) is 10.9. The van der Waals surface area contributed by atoms with Gasteiger partial charge in [-0.1, -0.05) is 12.1 Å². The van der Waals surface area contributed by atoms with E-state index in [4.69, 9.17) is 19.9 Å². The molecule has 33 heavy (non-hydrogen) atoms. The molecule has 1 aliphatic rings. The third-order valence-corrected chi connectivity index (χ3v) is 5.58. The Kier molecular flexibility index (Phi) is 7.54. The minimum Gasteiger partial charge on any atom is -0.491 e. The van der Waals surface area contributed by atoms with Crippen molar-refractivity contribution in [2.45, 2.75) is 39.2 Å². The van der Waals surface area contributed by atoms with E-state index in [-0.39, 0.29) is 12.2 Å². The van der Waals surface area contributed by atoms with E-state index in [1.54, 1.807) is 19.4 Å². The maximum absolute atomic E-state index is 6.05. The van der Waals surface area contributed by atoms with Crippen LogP contribution >= 0.6 is 0 Å². The number of benzene rings is 1. The molecule has 0 aliphatic carbocycles. The summed E-state index contributed by atoms with van der Waals surface area (Å²) >= 11 is 0. The Morgan fingerprint density at radius 1 is 1.09 bits per heavy atom. The summed E-state index contributed by atoms with van der Waals surface area (Å²) in [5.74, 6) is 1.39. The fourth-order valence-corrected chi connectivity index (χ4v) is 3.99. The van der Waals surface area contributed by atoms with Crippen LogP contribution in [0.3, 0.4) is 0 Å². The van der Waals surface area contributed by atoms with Gasteiger partial charge >= 0.3 is 0 Å². The van der Waals surface area contributed by atoms with Crippen LogP contribution in [-0.4, -0.2) is 47.8 Å². The molecule has 2 N–H and O–H groups in total. The Morgan fingerprint density at radius 3 is 2.55 bits per heavy atom. The summed E-state index contributed by atoms with van der Waals surface area (Å²) < 4.78 is 17.4. The molecule has 1 aliphatic heterocycles. The van der Waals surface area contributed by atoms with Crippen LogP contribution in [0, 0.1) is 0 Å². The molecule has 2 aromatic heterocycles. The second-order valence-electron chi connectivity index (χ2n) is 8.58. The molecular formula is C26H32N4O3. The van der Waals surface area contributed by atoms with Crippen molar-refractivity contribution in [1.82, 2.24) is 14.9 Å². The van der Waals surface area contributed by atoms with E-state index in [0.717, 1.165) is 47.8 Å². The van der Waals surface area contributed by atoms with Gasteiger partial charge in [0.1, 0.15) is 17.7 Å². The number of aromatic nitrogens is 2. The van der Waals surface area contributed by atoms with Crippen molar-refractivity contribution in [1.29, 1.82) is 0 Å². The lowest BCUT2D eigenvalue weighted by Crippen LogP contribution is -2.38. The average Bonchev–Trinajstić information content (AvgIpc) is 2.81. The number of nitrogen functional groups attached to an aromatic ring is 1. The quantitative estimate of drug-likeness (QED) is 0.552. The van der Waals surface area contributed by atoms with Crippen molar-refractivity contribution in [3.8, 4) is 16.9 Å². The van der Waals surface area contributed by atoms with E-state index >= 15 is 0 Å². The number of nitrogens with zero attached hydrogens (tertiary/aromatic N) is 3. The molecule has 1 saturated heterocycles. The summed E-state index contributed by atoms with van der Waals surface area (Å²) in [6, 6.07) is 14.2. The van der Waals surface area contributed by atoms with Crippen molar-refractivity contribution in [3.05, 3.63) is 71.7 Å². The Hall–Kier alpha value is -3.00. The summed E-state index contributed by atoms with van der Waals surface area (Å²) in [4.78, 5) is 11.2. The van der Waals surface area contributed by atoms with Crippen LogP contribution in [0.25, 0.3) is 11.1 Å². The Bertz CT molecular complexity index is 1040. The van der Waals surface area contributed by atoms with Gasteiger partial charge in [-0.3, -0.25) is 9.88 Å². The highest BCUT2D eigenvalue weighted by Gasteiger charge is 2.23. The van der Waals surface area contributed by atoms with Gasteiger partial charge in [-0.15, -0.1) is 0 Å². The zero-order chi connectivity index (χ0) is 23.2. The van der Waals surface area contributed by atoms with Gasteiger partial charge in [0.15, 0.2) is 0 Å². The number of pyridine rings is 2. The van der Waals surface area contributed by atoms with Crippen molar-refractivity contribution < 1.29 is 14.2 Å². The Labute approximate surface area is 195 Å². The molecule has 4 rings (SSSR count). The van der Waals surface area contributed by atoms with Crippen molar-refractivity contribution in [3.63, 3.8) is 0 Å². The first-order chi connectivity index (χ1) is 16.0. The summed E-state index contributed by atoms with van der Waals surface area (Å²) in [5, 5.41) is 0. The lowest BCUT2D eigenvalue weighted by Gasteiger charge is -2.32. The molecule has 0 bridgehead atoms. The number of nitrogens with two attached hydrogens (primary N) is 1. The molecule has 3 heterocycles. The highest BCUT2D eigenvalue weighted by Crippen LogP contribution is 2.27. The molecule has 1 fully saturated rings. The van der Waals surface area contributed by atoms with Gasteiger partial charge in [0.05, 0.1) is 25.0 Å². The van der Waals surface area contributed by atoms with Crippen molar-refractivity contribution in [2.24, 2.45) is 0 Å². The summed E-state index contributed by atoms with van der Waals surface area (Å²) in [6.45, 7) is 7.79. The van der Waals surface area contributed by atoms with E-state index in [1.165, 1.54) is 5.56 Å². The second kappa shape index (κ2) is 10.7.